The van der Waals surface area contributed by atoms with E-state index in [2.05, 4.69) is 0 Å². The molecule has 1 heterocycles. The van der Waals surface area contributed by atoms with Crippen LogP contribution < -0.4 is 5.73 Å². The van der Waals surface area contributed by atoms with Crippen LogP contribution in [0.1, 0.15) is 24.9 Å². The number of carbonyl (C=O) groups excluding carboxylic acids is 1. The van der Waals surface area contributed by atoms with E-state index in [4.69, 9.17) is 5.73 Å². The third kappa shape index (κ3) is 4.04. The first kappa shape index (κ1) is 16.0. The van der Waals surface area contributed by atoms with Crippen molar-refractivity contribution in [1.82, 2.24) is 4.90 Å². The molecular weight excluding hydrogens is 288 g/mol. The maximum atomic E-state index is 12.5. The van der Waals surface area contributed by atoms with Crippen LogP contribution in [-0.2, 0) is 14.6 Å². The molecule has 2 atom stereocenters. The molecule has 1 aliphatic rings. The first-order valence-corrected chi connectivity index (χ1v) is 9.02. The standard InChI is InChI=1S/C15H22N2O3S/c1-12(14(16)13-6-3-2-4-7-13)15(18)17-8-5-10-21(19,20)11-9-17/h2-4,6-7,12,14H,5,8-11,16H2,1H3. The molecule has 5 nitrogen and oxygen atoms in total. The van der Waals surface area contributed by atoms with Crippen molar-refractivity contribution in [2.24, 2.45) is 11.7 Å². The Labute approximate surface area is 126 Å². The highest BCUT2D eigenvalue weighted by atomic mass is 32.2. The van der Waals surface area contributed by atoms with Crippen molar-refractivity contribution in [3.8, 4) is 0 Å². The van der Waals surface area contributed by atoms with Crippen molar-refractivity contribution in [1.29, 1.82) is 0 Å². The highest BCUT2D eigenvalue weighted by molar-refractivity contribution is 7.91. The van der Waals surface area contributed by atoms with Gasteiger partial charge in [-0.05, 0) is 12.0 Å². The van der Waals surface area contributed by atoms with Gasteiger partial charge in [-0.25, -0.2) is 8.42 Å². The van der Waals surface area contributed by atoms with E-state index < -0.39 is 9.84 Å². The molecule has 2 rings (SSSR count). The average Bonchev–Trinajstić information content (AvgIpc) is 2.66. The third-order valence-corrected chi connectivity index (χ3v) is 5.70. The molecule has 0 aliphatic carbocycles. The number of benzene rings is 1. The molecule has 21 heavy (non-hydrogen) atoms. The summed E-state index contributed by atoms with van der Waals surface area (Å²) < 4.78 is 23.2. The summed E-state index contributed by atoms with van der Waals surface area (Å²) in [7, 11) is -3.01. The van der Waals surface area contributed by atoms with E-state index in [0.717, 1.165) is 5.56 Å². The summed E-state index contributed by atoms with van der Waals surface area (Å²) in [5.41, 5.74) is 7.09. The van der Waals surface area contributed by atoms with Crippen LogP contribution in [0.4, 0.5) is 0 Å². The Morgan fingerprint density at radius 1 is 1.19 bits per heavy atom. The lowest BCUT2D eigenvalue weighted by Crippen LogP contribution is -2.40. The predicted molar refractivity (Wildman–Crippen MR) is 82.4 cm³/mol. The Kier molecular flexibility index (Phi) is 5.00. The van der Waals surface area contributed by atoms with E-state index in [-0.39, 0.29) is 35.9 Å². The second-order valence-corrected chi connectivity index (χ2v) is 7.86. The van der Waals surface area contributed by atoms with Gasteiger partial charge in [0.05, 0.1) is 17.4 Å². The first-order chi connectivity index (χ1) is 9.91. The molecule has 1 aliphatic heterocycles. The summed E-state index contributed by atoms with van der Waals surface area (Å²) in [5, 5.41) is 0. The van der Waals surface area contributed by atoms with Crippen molar-refractivity contribution in [3.63, 3.8) is 0 Å². The van der Waals surface area contributed by atoms with Crippen LogP contribution in [0.3, 0.4) is 0 Å². The first-order valence-electron chi connectivity index (χ1n) is 7.20. The monoisotopic (exact) mass is 310 g/mol. The maximum absolute atomic E-state index is 12.5. The smallest absolute Gasteiger partial charge is 0.227 e. The van der Waals surface area contributed by atoms with Gasteiger partial charge in [-0.3, -0.25) is 4.79 Å². The van der Waals surface area contributed by atoms with Crippen LogP contribution in [0.2, 0.25) is 0 Å². The minimum Gasteiger partial charge on any atom is -0.341 e. The number of carbonyl (C=O) groups is 1. The summed E-state index contributed by atoms with van der Waals surface area (Å²) in [6, 6.07) is 9.12. The van der Waals surface area contributed by atoms with E-state index in [0.29, 0.717) is 13.0 Å². The topological polar surface area (TPSA) is 80.5 Å². The normalized spacial score (nSPS) is 21.3. The molecule has 0 spiro atoms. The largest absolute Gasteiger partial charge is 0.341 e. The molecule has 0 saturated carbocycles. The SMILES string of the molecule is CC(C(=O)N1CCCS(=O)(=O)CC1)C(N)c1ccccc1. The van der Waals surface area contributed by atoms with Gasteiger partial charge in [0, 0.05) is 19.1 Å². The molecule has 1 saturated heterocycles. The van der Waals surface area contributed by atoms with Crippen molar-refractivity contribution in [2.45, 2.75) is 19.4 Å². The van der Waals surface area contributed by atoms with Crippen molar-refractivity contribution in [3.05, 3.63) is 35.9 Å². The number of hydrogen-bond acceptors (Lipinski definition) is 4. The van der Waals surface area contributed by atoms with Gasteiger partial charge in [0.2, 0.25) is 5.91 Å². The van der Waals surface area contributed by atoms with Crippen LogP contribution in [0.15, 0.2) is 30.3 Å². The molecule has 2 unspecified atom stereocenters. The fourth-order valence-corrected chi connectivity index (χ4v) is 3.84. The molecule has 0 bridgehead atoms. The van der Waals surface area contributed by atoms with Crippen molar-refractivity contribution >= 4 is 15.7 Å². The van der Waals surface area contributed by atoms with Crippen molar-refractivity contribution < 1.29 is 13.2 Å². The van der Waals surface area contributed by atoms with Crippen LogP contribution in [-0.4, -0.2) is 43.8 Å². The van der Waals surface area contributed by atoms with Gasteiger partial charge < -0.3 is 10.6 Å². The molecule has 6 heteroatoms. The summed E-state index contributed by atoms with van der Waals surface area (Å²) in [6.45, 7) is 2.57. The number of amides is 1. The number of rotatable bonds is 3. The molecule has 116 valence electrons. The Morgan fingerprint density at radius 3 is 2.52 bits per heavy atom. The van der Waals surface area contributed by atoms with Gasteiger partial charge in [-0.2, -0.15) is 0 Å². The number of nitrogens with zero attached hydrogens (tertiary/aromatic N) is 1. The number of hydrogen-bond donors (Lipinski definition) is 1. The van der Waals surface area contributed by atoms with Crippen LogP contribution in [0.5, 0.6) is 0 Å². The Balaban J connectivity index is 2.05. The average molecular weight is 310 g/mol. The molecular formula is C15H22N2O3S. The molecule has 0 radical (unpaired) electrons. The van der Waals surface area contributed by atoms with E-state index >= 15 is 0 Å². The number of sulfone groups is 1. The Bertz CT molecular complexity index is 586. The highest BCUT2D eigenvalue weighted by Gasteiger charge is 2.29. The minimum absolute atomic E-state index is 0.0477. The summed E-state index contributed by atoms with van der Waals surface area (Å²) in [6.07, 6.45) is 0.501. The Morgan fingerprint density at radius 2 is 1.86 bits per heavy atom. The number of nitrogens with two attached hydrogens (primary N) is 1. The molecule has 0 aromatic heterocycles. The lowest BCUT2D eigenvalue weighted by atomic mass is 9.94. The van der Waals surface area contributed by atoms with Gasteiger partial charge in [0.1, 0.15) is 0 Å². The van der Waals surface area contributed by atoms with Crippen LogP contribution in [0, 0.1) is 5.92 Å². The van der Waals surface area contributed by atoms with Gasteiger partial charge in [-0.1, -0.05) is 37.3 Å². The third-order valence-electron chi connectivity index (χ3n) is 3.98. The zero-order valence-corrected chi connectivity index (χ0v) is 13.1. The van der Waals surface area contributed by atoms with E-state index in [9.17, 15) is 13.2 Å². The van der Waals surface area contributed by atoms with E-state index in [1.807, 2.05) is 30.3 Å². The summed E-state index contributed by atoms with van der Waals surface area (Å²) in [4.78, 5) is 14.2. The van der Waals surface area contributed by atoms with Gasteiger partial charge >= 0.3 is 0 Å². The highest BCUT2D eigenvalue weighted by Crippen LogP contribution is 2.21. The second kappa shape index (κ2) is 6.58. The van der Waals surface area contributed by atoms with Gasteiger partial charge in [0.25, 0.3) is 0 Å². The summed E-state index contributed by atoms with van der Waals surface area (Å²) >= 11 is 0. The lowest BCUT2D eigenvalue weighted by molar-refractivity contribution is -0.135. The quantitative estimate of drug-likeness (QED) is 0.902. The fourth-order valence-electron chi connectivity index (χ4n) is 2.56. The molecule has 1 amide bonds. The lowest BCUT2D eigenvalue weighted by Gasteiger charge is -2.27. The second-order valence-electron chi connectivity index (χ2n) is 5.56. The predicted octanol–water partition coefficient (Wildman–Crippen LogP) is 0.970. The fraction of sp³-hybridized carbons (Fsp3) is 0.533. The minimum atomic E-state index is -3.01. The zero-order valence-electron chi connectivity index (χ0n) is 12.2. The molecule has 1 fully saturated rings. The van der Waals surface area contributed by atoms with E-state index in [1.54, 1.807) is 11.8 Å². The molecule has 1 aromatic carbocycles. The maximum Gasteiger partial charge on any atom is 0.227 e. The molecule has 1 aromatic rings. The zero-order chi connectivity index (χ0) is 15.5. The Hall–Kier alpha value is -1.40. The van der Waals surface area contributed by atoms with Gasteiger partial charge in [-0.15, -0.1) is 0 Å². The van der Waals surface area contributed by atoms with E-state index in [1.165, 1.54) is 0 Å². The van der Waals surface area contributed by atoms with Crippen LogP contribution in [0.25, 0.3) is 0 Å². The van der Waals surface area contributed by atoms with Crippen LogP contribution >= 0.6 is 0 Å². The van der Waals surface area contributed by atoms with Crippen molar-refractivity contribution in [2.75, 3.05) is 24.6 Å². The van der Waals surface area contributed by atoms with Gasteiger partial charge in [0.15, 0.2) is 9.84 Å². The molecule has 2 N–H and O–H groups in total. The summed E-state index contributed by atoms with van der Waals surface area (Å²) in [5.74, 6) is -0.223.